The van der Waals surface area contributed by atoms with Crippen LogP contribution in [-0.4, -0.2) is 52.8 Å². The molecule has 2 aliphatic heterocycles. The van der Waals surface area contributed by atoms with Gasteiger partial charge in [0, 0.05) is 37.6 Å². The lowest BCUT2D eigenvalue weighted by atomic mass is 9.87. The van der Waals surface area contributed by atoms with Crippen LogP contribution in [0.5, 0.6) is 5.75 Å². The zero-order chi connectivity index (χ0) is 25.1. The van der Waals surface area contributed by atoms with Crippen LogP contribution >= 0.6 is 11.8 Å². The Kier molecular flexibility index (Phi) is 7.32. The second-order valence-electron chi connectivity index (χ2n) is 8.97. The van der Waals surface area contributed by atoms with E-state index in [1.165, 1.54) is 12.1 Å². The van der Waals surface area contributed by atoms with E-state index in [0.29, 0.717) is 30.2 Å². The number of carbonyl (C=O) groups excluding carboxylic acids is 2. The zero-order valence-electron chi connectivity index (χ0n) is 20.2. The highest BCUT2D eigenvalue weighted by Crippen LogP contribution is 2.38. The summed E-state index contributed by atoms with van der Waals surface area (Å²) in [5, 5.41) is 0. The molecule has 1 atom stereocenters. The molecule has 188 valence electrons. The molecule has 1 aromatic heterocycles. The molecule has 6 nitrogen and oxygen atoms in total. The third kappa shape index (κ3) is 5.14. The summed E-state index contributed by atoms with van der Waals surface area (Å²) in [7, 11) is 0. The van der Waals surface area contributed by atoms with Gasteiger partial charge in [0.25, 0.3) is 5.91 Å². The van der Waals surface area contributed by atoms with Crippen molar-refractivity contribution in [2.75, 3.05) is 31.1 Å². The van der Waals surface area contributed by atoms with Gasteiger partial charge in [0.05, 0.1) is 6.04 Å². The number of thioether (sulfide) groups is 1. The summed E-state index contributed by atoms with van der Waals surface area (Å²) in [6.45, 7) is 4.06. The Bertz CT molecular complexity index is 1250. The lowest BCUT2D eigenvalue weighted by Crippen LogP contribution is -2.40. The predicted molar refractivity (Wildman–Crippen MR) is 137 cm³/mol. The fraction of sp³-hybridized carbons (Fsp3) is 0.357. The van der Waals surface area contributed by atoms with Gasteiger partial charge in [-0.1, -0.05) is 25.1 Å². The van der Waals surface area contributed by atoms with E-state index >= 15 is 0 Å². The van der Waals surface area contributed by atoms with Crippen molar-refractivity contribution in [3.63, 3.8) is 0 Å². The van der Waals surface area contributed by atoms with Gasteiger partial charge in [0.1, 0.15) is 23.9 Å². The quantitative estimate of drug-likeness (QED) is 0.465. The maximum atomic E-state index is 14.1. The zero-order valence-corrected chi connectivity index (χ0v) is 21.1. The molecule has 0 bridgehead atoms. The van der Waals surface area contributed by atoms with Crippen molar-refractivity contribution in [1.82, 2.24) is 9.80 Å². The summed E-state index contributed by atoms with van der Waals surface area (Å²) in [4.78, 5) is 29.1. The van der Waals surface area contributed by atoms with E-state index in [2.05, 4.69) is 0 Å². The van der Waals surface area contributed by atoms with E-state index < -0.39 is 0 Å². The SMILES string of the molecule is CCC(=O)N1CCc2ccc(OCc3ccc(C(=O)N4CCSCC4)o3)cc2[C@H]1c1cccc(F)c1. The number of furan rings is 1. The van der Waals surface area contributed by atoms with E-state index in [-0.39, 0.29) is 30.3 Å². The molecular formula is C28H29FN2O4S. The number of hydrogen-bond acceptors (Lipinski definition) is 5. The van der Waals surface area contributed by atoms with Crippen LogP contribution in [0.1, 0.15) is 52.4 Å². The van der Waals surface area contributed by atoms with Gasteiger partial charge in [0.15, 0.2) is 5.76 Å². The second kappa shape index (κ2) is 10.8. The Hall–Kier alpha value is -3.26. The number of nitrogens with zero attached hydrogens (tertiary/aromatic N) is 2. The molecule has 3 aromatic rings. The number of amides is 2. The first-order chi connectivity index (χ1) is 17.5. The largest absolute Gasteiger partial charge is 0.486 e. The molecule has 5 rings (SSSR count). The molecule has 1 fully saturated rings. The number of ether oxygens (including phenoxy) is 1. The molecule has 0 aliphatic carbocycles. The molecule has 0 radical (unpaired) electrons. The Morgan fingerprint density at radius 3 is 2.69 bits per heavy atom. The minimum atomic E-state index is -0.379. The van der Waals surface area contributed by atoms with Crippen LogP contribution in [0.3, 0.4) is 0 Å². The lowest BCUT2D eigenvalue weighted by molar-refractivity contribution is -0.132. The Balaban J connectivity index is 1.35. The van der Waals surface area contributed by atoms with E-state index in [0.717, 1.165) is 47.7 Å². The Morgan fingerprint density at radius 2 is 1.92 bits per heavy atom. The minimum Gasteiger partial charge on any atom is -0.486 e. The first-order valence-corrected chi connectivity index (χ1v) is 13.4. The smallest absolute Gasteiger partial charge is 0.289 e. The Morgan fingerprint density at radius 1 is 1.08 bits per heavy atom. The van der Waals surface area contributed by atoms with Crippen molar-refractivity contribution in [2.45, 2.75) is 32.4 Å². The van der Waals surface area contributed by atoms with Crippen molar-refractivity contribution in [1.29, 1.82) is 0 Å². The molecule has 0 unspecified atom stereocenters. The van der Waals surface area contributed by atoms with E-state index in [4.69, 9.17) is 9.15 Å². The van der Waals surface area contributed by atoms with Crippen LogP contribution in [0, 0.1) is 5.82 Å². The van der Waals surface area contributed by atoms with Gasteiger partial charge in [-0.2, -0.15) is 11.8 Å². The average Bonchev–Trinajstić information content (AvgIpc) is 3.40. The fourth-order valence-electron chi connectivity index (χ4n) is 4.84. The van der Waals surface area contributed by atoms with Crippen LogP contribution in [0.2, 0.25) is 0 Å². The van der Waals surface area contributed by atoms with Gasteiger partial charge >= 0.3 is 0 Å². The second-order valence-corrected chi connectivity index (χ2v) is 10.2. The summed E-state index contributed by atoms with van der Waals surface area (Å²) >= 11 is 1.85. The first kappa shape index (κ1) is 24.4. The minimum absolute atomic E-state index is 0.0290. The molecule has 0 N–H and O–H groups in total. The molecule has 1 saturated heterocycles. The van der Waals surface area contributed by atoms with Crippen molar-refractivity contribution < 1.29 is 23.1 Å². The van der Waals surface area contributed by atoms with Crippen molar-refractivity contribution in [3.8, 4) is 5.75 Å². The van der Waals surface area contributed by atoms with Crippen molar-refractivity contribution in [3.05, 3.63) is 88.6 Å². The molecule has 2 aromatic carbocycles. The number of benzene rings is 2. The van der Waals surface area contributed by atoms with Crippen LogP contribution in [-0.2, 0) is 17.8 Å². The maximum absolute atomic E-state index is 14.1. The number of rotatable bonds is 6. The van der Waals surface area contributed by atoms with E-state index in [1.807, 2.05) is 52.8 Å². The number of halogens is 1. The fourth-order valence-corrected chi connectivity index (χ4v) is 5.74. The number of fused-ring (bicyclic) bond motifs is 1. The highest BCUT2D eigenvalue weighted by atomic mass is 32.2. The summed E-state index contributed by atoms with van der Waals surface area (Å²) in [6.07, 6.45) is 1.11. The summed E-state index contributed by atoms with van der Waals surface area (Å²) in [6, 6.07) is 15.4. The van der Waals surface area contributed by atoms with Crippen LogP contribution in [0.25, 0.3) is 0 Å². The molecule has 8 heteroatoms. The Labute approximate surface area is 214 Å². The van der Waals surface area contributed by atoms with E-state index in [1.54, 1.807) is 18.2 Å². The van der Waals surface area contributed by atoms with Gasteiger partial charge in [-0.05, 0) is 59.5 Å². The predicted octanol–water partition coefficient (Wildman–Crippen LogP) is 5.07. The van der Waals surface area contributed by atoms with Crippen LogP contribution in [0.15, 0.2) is 59.0 Å². The van der Waals surface area contributed by atoms with Gasteiger partial charge < -0.3 is 19.0 Å². The van der Waals surface area contributed by atoms with Crippen molar-refractivity contribution in [2.24, 2.45) is 0 Å². The van der Waals surface area contributed by atoms with Gasteiger partial charge in [-0.15, -0.1) is 0 Å². The maximum Gasteiger partial charge on any atom is 0.289 e. The highest BCUT2D eigenvalue weighted by molar-refractivity contribution is 7.99. The molecule has 0 spiro atoms. The molecule has 3 heterocycles. The molecule has 36 heavy (non-hydrogen) atoms. The van der Waals surface area contributed by atoms with Crippen LogP contribution in [0.4, 0.5) is 4.39 Å². The molecule has 2 amide bonds. The molecular weight excluding hydrogens is 479 g/mol. The summed E-state index contributed by atoms with van der Waals surface area (Å²) in [5.74, 6) is 3.01. The highest BCUT2D eigenvalue weighted by Gasteiger charge is 2.32. The molecule has 2 aliphatic rings. The van der Waals surface area contributed by atoms with E-state index in [9.17, 15) is 14.0 Å². The third-order valence-corrected chi connectivity index (χ3v) is 7.63. The summed E-state index contributed by atoms with van der Waals surface area (Å²) < 4.78 is 25.9. The monoisotopic (exact) mass is 508 g/mol. The normalized spacial score (nSPS) is 17.6. The third-order valence-electron chi connectivity index (χ3n) is 6.68. The number of hydrogen-bond donors (Lipinski definition) is 0. The van der Waals surface area contributed by atoms with Gasteiger partial charge in [-0.3, -0.25) is 9.59 Å². The number of carbonyl (C=O) groups is 2. The first-order valence-electron chi connectivity index (χ1n) is 12.3. The lowest BCUT2D eigenvalue weighted by Gasteiger charge is -2.38. The van der Waals surface area contributed by atoms with Crippen molar-refractivity contribution >= 4 is 23.6 Å². The topological polar surface area (TPSA) is 63.0 Å². The van der Waals surface area contributed by atoms with Gasteiger partial charge in [-0.25, -0.2) is 4.39 Å². The van der Waals surface area contributed by atoms with Gasteiger partial charge in [0.2, 0.25) is 5.91 Å². The summed E-state index contributed by atoms with van der Waals surface area (Å²) in [5.41, 5.74) is 2.78. The average molecular weight is 509 g/mol. The molecule has 0 saturated carbocycles. The van der Waals surface area contributed by atoms with Crippen LogP contribution < -0.4 is 4.74 Å². The standard InChI is InChI=1S/C28H29FN2O4S/c1-2-26(32)31-11-10-19-6-7-22(17-24(19)27(31)20-4-3-5-21(29)16-20)34-18-23-8-9-25(35-23)28(33)30-12-14-36-15-13-30/h3-9,16-17,27H,2,10-15,18H2,1H3/t27-/m1/s1.